The molecule has 1 amide bonds. The highest BCUT2D eigenvalue weighted by atomic mass is 16.4. The maximum absolute atomic E-state index is 10.1. The largest absolute Gasteiger partial charge is 0.480 e. The van der Waals surface area contributed by atoms with Crippen LogP contribution in [0.4, 0.5) is 0 Å². The molecular weight excluding hydrogens is 254 g/mol. The summed E-state index contributed by atoms with van der Waals surface area (Å²) >= 11 is 0. The predicted molar refractivity (Wildman–Crippen MR) is 69.1 cm³/mol. The van der Waals surface area contributed by atoms with Gasteiger partial charge in [-0.25, -0.2) is 0 Å². The highest BCUT2D eigenvalue weighted by molar-refractivity contribution is 5.77. The normalized spacial score (nSPS) is 13.1. The molecule has 0 aromatic rings. The maximum atomic E-state index is 10.1. The number of hydrogen-bond donors (Lipinski definition) is 5. The van der Waals surface area contributed by atoms with Crippen molar-refractivity contribution in [2.24, 2.45) is 23.1 Å². The molecule has 0 aliphatic carbocycles. The molecule has 0 aromatic carbocycles. The first kappa shape index (κ1) is 19.7. The van der Waals surface area contributed by atoms with Crippen LogP contribution in [0.25, 0.3) is 0 Å². The lowest BCUT2D eigenvalue weighted by Crippen LogP contribution is -2.31. The molecule has 0 bridgehead atoms. The van der Waals surface area contributed by atoms with Gasteiger partial charge in [0.15, 0.2) is 0 Å². The second-order valence-corrected chi connectivity index (χ2v) is 4.52. The van der Waals surface area contributed by atoms with Gasteiger partial charge in [-0.05, 0) is 18.8 Å². The van der Waals surface area contributed by atoms with E-state index in [1.807, 2.05) is 13.8 Å². The van der Waals surface area contributed by atoms with E-state index in [1.54, 1.807) is 0 Å². The Morgan fingerprint density at radius 3 is 1.63 bits per heavy atom. The van der Waals surface area contributed by atoms with Crippen molar-refractivity contribution in [1.82, 2.24) is 0 Å². The van der Waals surface area contributed by atoms with Gasteiger partial charge in [0.05, 0.1) is 0 Å². The average molecular weight is 277 g/mol. The summed E-state index contributed by atoms with van der Waals surface area (Å²) in [6.07, 6.45) is 0.674. The van der Waals surface area contributed by atoms with Gasteiger partial charge in [0.1, 0.15) is 12.1 Å². The number of aliphatic carboxylic acids is 2. The first-order valence-corrected chi connectivity index (χ1v) is 5.83. The van der Waals surface area contributed by atoms with E-state index < -0.39 is 29.9 Å². The van der Waals surface area contributed by atoms with Crippen LogP contribution in [-0.4, -0.2) is 40.1 Å². The Labute approximate surface area is 111 Å². The highest BCUT2D eigenvalue weighted by Crippen LogP contribution is 2.01. The summed E-state index contributed by atoms with van der Waals surface area (Å²) in [6.45, 7) is 3.89. The molecule has 0 saturated carbocycles. The monoisotopic (exact) mass is 277 g/mol. The minimum Gasteiger partial charge on any atom is -0.480 e. The Morgan fingerprint density at radius 2 is 1.42 bits per heavy atom. The Morgan fingerprint density at radius 1 is 1.00 bits per heavy atom. The summed E-state index contributed by atoms with van der Waals surface area (Å²) in [5.74, 6) is -2.20. The highest BCUT2D eigenvalue weighted by Gasteiger charge is 2.12. The second-order valence-electron chi connectivity index (χ2n) is 4.52. The number of carbonyl (C=O) groups excluding carboxylic acids is 1. The zero-order chi connectivity index (χ0) is 15.6. The third kappa shape index (κ3) is 14.3. The van der Waals surface area contributed by atoms with Crippen LogP contribution < -0.4 is 17.2 Å². The third-order valence-electron chi connectivity index (χ3n) is 2.06. The molecule has 8 nitrogen and oxygen atoms in total. The number of nitrogens with two attached hydrogens (primary N) is 3. The first-order valence-electron chi connectivity index (χ1n) is 5.83. The van der Waals surface area contributed by atoms with Gasteiger partial charge in [0.2, 0.25) is 5.91 Å². The standard InChI is InChI=1S/C6H13NO2.C5H10N2O3/c1-4(2)3-5(7)6(8)9;6-3(5(9)10)1-2-4(7)8/h4-5H,3,7H2,1-2H3,(H,8,9);3H,1-2,6H2,(H2,7,8)(H,9,10)/t5-;3-/m11/s1. The molecule has 8 N–H and O–H groups in total. The van der Waals surface area contributed by atoms with Crippen LogP contribution in [0, 0.1) is 5.92 Å². The second kappa shape index (κ2) is 10.3. The van der Waals surface area contributed by atoms with Crippen LogP contribution in [0.3, 0.4) is 0 Å². The van der Waals surface area contributed by atoms with Gasteiger partial charge < -0.3 is 27.4 Å². The van der Waals surface area contributed by atoms with Crippen LogP contribution >= 0.6 is 0 Å². The number of amides is 1. The Balaban J connectivity index is 0. The number of rotatable bonds is 7. The van der Waals surface area contributed by atoms with Crippen LogP contribution in [0.1, 0.15) is 33.1 Å². The summed E-state index contributed by atoms with van der Waals surface area (Å²) in [5.41, 5.74) is 15.0. The number of carbonyl (C=O) groups is 3. The topological polar surface area (TPSA) is 170 Å². The van der Waals surface area contributed by atoms with Crippen molar-refractivity contribution in [1.29, 1.82) is 0 Å². The maximum Gasteiger partial charge on any atom is 0.320 e. The molecular formula is C11H23N3O5. The van der Waals surface area contributed by atoms with Crippen LogP contribution in [0.15, 0.2) is 0 Å². The number of carboxylic acid groups (broad SMARTS) is 2. The molecule has 0 spiro atoms. The zero-order valence-electron chi connectivity index (χ0n) is 11.2. The van der Waals surface area contributed by atoms with Gasteiger partial charge in [0, 0.05) is 6.42 Å². The van der Waals surface area contributed by atoms with Crippen molar-refractivity contribution < 1.29 is 24.6 Å². The van der Waals surface area contributed by atoms with Crippen molar-refractivity contribution in [3.8, 4) is 0 Å². The van der Waals surface area contributed by atoms with Gasteiger partial charge in [0.25, 0.3) is 0 Å². The van der Waals surface area contributed by atoms with Crippen LogP contribution in [-0.2, 0) is 14.4 Å². The minimum absolute atomic E-state index is 0.0213. The van der Waals surface area contributed by atoms with Crippen LogP contribution in [0.2, 0.25) is 0 Å². The van der Waals surface area contributed by atoms with E-state index in [4.69, 9.17) is 27.4 Å². The fourth-order valence-electron chi connectivity index (χ4n) is 1.03. The van der Waals surface area contributed by atoms with Crippen molar-refractivity contribution in [3.63, 3.8) is 0 Å². The molecule has 0 heterocycles. The molecule has 0 radical (unpaired) electrons. The summed E-state index contributed by atoms with van der Waals surface area (Å²) in [6, 6.07) is -1.67. The van der Waals surface area contributed by atoms with Gasteiger partial charge in [-0.3, -0.25) is 14.4 Å². The number of hydrogen-bond acceptors (Lipinski definition) is 5. The molecule has 8 heteroatoms. The lowest BCUT2D eigenvalue weighted by Gasteiger charge is -2.07. The zero-order valence-corrected chi connectivity index (χ0v) is 11.2. The fraction of sp³-hybridized carbons (Fsp3) is 0.727. The molecule has 0 unspecified atom stereocenters. The van der Waals surface area contributed by atoms with Gasteiger partial charge >= 0.3 is 11.9 Å². The lowest BCUT2D eigenvalue weighted by atomic mass is 10.1. The smallest absolute Gasteiger partial charge is 0.320 e. The van der Waals surface area contributed by atoms with Gasteiger partial charge in [-0.2, -0.15) is 0 Å². The summed E-state index contributed by atoms with van der Waals surface area (Å²) in [4.78, 5) is 30.2. The minimum atomic E-state index is -1.11. The molecule has 19 heavy (non-hydrogen) atoms. The first-order chi connectivity index (χ1) is 8.57. The fourth-order valence-corrected chi connectivity index (χ4v) is 1.03. The van der Waals surface area contributed by atoms with E-state index >= 15 is 0 Å². The van der Waals surface area contributed by atoms with Crippen molar-refractivity contribution >= 4 is 17.8 Å². The summed E-state index contributed by atoms with van der Waals surface area (Å²) in [5, 5.41) is 16.5. The van der Waals surface area contributed by atoms with E-state index in [0.717, 1.165) is 0 Å². The molecule has 0 rings (SSSR count). The molecule has 112 valence electrons. The van der Waals surface area contributed by atoms with Crippen molar-refractivity contribution in [2.75, 3.05) is 0 Å². The summed E-state index contributed by atoms with van der Waals surface area (Å²) < 4.78 is 0. The van der Waals surface area contributed by atoms with E-state index in [9.17, 15) is 14.4 Å². The molecule has 0 aliphatic rings. The summed E-state index contributed by atoms with van der Waals surface area (Å²) in [7, 11) is 0. The molecule has 0 aromatic heterocycles. The Bertz CT molecular complexity index is 307. The van der Waals surface area contributed by atoms with E-state index in [2.05, 4.69) is 0 Å². The molecule has 2 atom stereocenters. The number of carboxylic acids is 2. The Kier molecular flexibility index (Phi) is 10.6. The molecule has 0 aliphatic heterocycles. The Hall–Kier alpha value is -1.67. The molecule has 0 saturated heterocycles. The SMILES string of the molecule is CC(C)C[C@@H](N)C(=O)O.NC(=O)CC[C@@H](N)C(=O)O. The van der Waals surface area contributed by atoms with Crippen LogP contribution in [0.5, 0.6) is 0 Å². The number of primary amides is 1. The quantitative estimate of drug-likeness (QED) is 0.401. The van der Waals surface area contributed by atoms with E-state index in [-0.39, 0.29) is 12.8 Å². The van der Waals surface area contributed by atoms with Crippen molar-refractivity contribution in [2.45, 2.75) is 45.2 Å². The lowest BCUT2D eigenvalue weighted by molar-refractivity contribution is -0.139. The van der Waals surface area contributed by atoms with E-state index in [0.29, 0.717) is 12.3 Å². The third-order valence-corrected chi connectivity index (χ3v) is 2.06. The van der Waals surface area contributed by atoms with Gasteiger partial charge in [-0.15, -0.1) is 0 Å². The van der Waals surface area contributed by atoms with Gasteiger partial charge in [-0.1, -0.05) is 13.8 Å². The predicted octanol–water partition coefficient (Wildman–Crippen LogP) is -0.892. The van der Waals surface area contributed by atoms with E-state index in [1.165, 1.54) is 0 Å². The average Bonchev–Trinajstić information content (AvgIpc) is 2.25. The molecule has 0 fully saturated rings. The van der Waals surface area contributed by atoms with Crippen molar-refractivity contribution in [3.05, 3.63) is 0 Å².